The average molecular weight is 236 g/mol. The number of nitrogens with one attached hydrogen (secondary N) is 3. The summed E-state index contributed by atoms with van der Waals surface area (Å²) in [6.07, 6.45) is 3.85. The summed E-state index contributed by atoms with van der Waals surface area (Å²) >= 11 is 0. The van der Waals surface area contributed by atoms with Crippen LogP contribution in [0.25, 0.3) is 11.0 Å². The molecule has 4 rings (SSSR count). The Kier molecular flexibility index (Phi) is 1.85. The van der Waals surface area contributed by atoms with Crippen LogP contribution in [0.3, 0.4) is 0 Å². The van der Waals surface area contributed by atoms with Gasteiger partial charge in [0.25, 0.3) is 0 Å². The number of anilines is 2. The molecule has 3 heterocycles. The maximum Gasteiger partial charge on any atom is 0.137 e. The molecule has 2 aromatic heterocycles. The van der Waals surface area contributed by atoms with E-state index in [0.717, 1.165) is 22.4 Å². The van der Waals surface area contributed by atoms with Gasteiger partial charge in [0.15, 0.2) is 0 Å². The summed E-state index contributed by atoms with van der Waals surface area (Å²) in [4.78, 5) is 7.45. The third-order valence-corrected chi connectivity index (χ3v) is 3.33. The Balaban J connectivity index is 1.80. The topological polar surface area (TPSA) is 52.7 Å². The first-order chi connectivity index (χ1) is 8.92. The molecular formula is C14H12N4. The number of aromatic nitrogens is 2. The second kappa shape index (κ2) is 3.50. The zero-order chi connectivity index (χ0) is 11.9. The first kappa shape index (κ1) is 9.53. The Hall–Kier alpha value is -2.49. The Morgan fingerprint density at radius 2 is 1.72 bits per heavy atom. The van der Waals surface area contributed by atoms with Gasteiger partial charge in [0.1, 0.15) is 11.8 Å². The van der Waals surface area contributed by atoms with Gasteiger partial charge in [-0.25, -0.2) is 4.98 Å². The second-order valence-electron chi connectivity index (χ2n) is 4.41. The minimum absolute atomic E-state index is 0.101. The Morgan fingerprint density at radius 1 is 0.944 bits per heavy atom. The molecule has 18 heavy (non-hydrogen) atoms. The van der Waals surface area contributed by atoms with Gasteiger partial charge in [-0.3, -0.25) is 0 Å². The van der Waals surface area contributed by atoms with Crippen LogP contribution in [0.2, 0.25) is 0 Å². The van der Waals surface area contributed by atoms with Crippen LogP contribution in [0.15, 0.2) is 48.8 Å². The molecule has 0 amide bonds. The van der Waals surface area contributed by atoms with Gasteiger partial charge in [0, 0.05) is 23.3 Å². The van der Waals surface area contributed by atoms with Crippen molar-refractivity contribution >= 4 is 22.4 Å². The molecule has 88 valence electrons. The Labute approximate surface area is 104 Å². The maximum absolute atomic E-state index is 4.31. The molecule has 3 aromatic rings. The molecule has 0 aliphatic carbocycles. The second-order valence-corrected chi connectivity index (χ2v) is 4.41. The van der Waals surface area contributed by atoms with E-state index in [4.69, 9.17) is 0 Å². The third kappa shape index (κ3) is 1.29. The molecule has 0 bridgehead atoms. The van der Waals surface area contributed by atoms with Crippen molar-refractivity contribution < 1.29 is 0 Å². The highest BCUT2D eigenvalue weighted by Crippen LogP contribution is 2.36. The van der Waals surface area contributed by atoms with Gasteiger partial charge < -0.3 is 15.6 Å². The predicted octanol–water partition coefficient (Wildman–Crippen LogP) is 3.10. The van der Waals surface area contributed by atoms with Crippen molar-refractivity contribution in [3.05, 3.63) is 54.4 Å². The van der Waals surface area contributed by atoms with Crippen LogP contribution in [-0.2, 0) is 0 Å². The van der Waals surface area contributed by atoms with E-state index in [0.29, 0.717) is 0 Å². The summed E-state index contributed by atoms with van der Waals surface area (Å²) in [6.45, 7) is 0. The number of hydrogen-bond donors (Lipinski definition) is 3. The highest BCUT2D eigenvalue weighted by Gasteiger charge is 2.22. The average Bonchev–Trinajstić information content (AvgIpc) is 3.04. The van der Waals surface area contributed by atoms with Gasteiger partial charge in [-0.2, -0.15) is 0 Å². The van der Waals surface area contributed by atoms with E-state index in [-0.39, 0.29) is 6.17 Å². The molecule has 1 aliphatic rings. The first-order valence-corrected chi connectivity index (χ1v) is 5.96. The van der Waals surface area contributed by atoms with E-state index in [1.165, 1.54) is 5.56 Å². The summed E-state index contributed by atoms with van der Waals surface area (Å²) in [7, 11) is 0. The van der Waals surface area contributed by atoms with Gasteiger partial charge in [-0.15, -0.1) is 0 Å². The van der Waals surface area contributed by atoms with Crippen molar-refractivity contribution in [3.63, 3.8) is 0 Å². The van der Waals surface area contributed by atoms with E-state index in [9.17, 15) is 0 Å². The number of para-hydroxylation sites is 2. The fourth-order valence-electron chi connectivity index (χ4n) is 2.47. The lowest BCUT2D eigenvalue weighted by Gasteiger charge is -2.13. The smallest absolute Gasteiger partial charge is 0.137 e. The zero-order valence-electron chi connectivity index (χ0n) is 9.64. The quantitative estimate of drug-likeness (QED) is 0.608. The van der Waals surface area contributed by atoms with Crippen LogP contribution in [0.5, 0.6) is 0 Å². The van der Waals surface area contributed by atoms with Crippen molar-refractivity contribution in [1.82, 2.24) is 9.97 Å². The highest BCUT2D eigenvalue weighted by atomic mass is 15.2. The molecule has 0 saturated carbocycles. The Morgan fingerprint density at radius 3 is 2.50 bits per heavy atom. The van der Waals surface area contributed by atoms with E-state index >= 15 is 0 Å². The summed E-state index contributed by atoms with van der Waals surface area (Å²) in [6, 6.07) is 12.3. The van der Waals surface area contributed by atoms with Crippen molar-refractivity contribution in [2.45, 2.75) is 6.17 Å². The maximum atomic E-state index is 4.31. The van der Waals surface area contributed by atoms with E-state index in [1.54, 1.807) is 0 Å². The van der Waals surface area contributed by atoms with E-state index < -0.39 is 0 Å². The minimum Gasteiger partial charge on any atom is -0.360 e. The first-order valence-electron chi connectivity index (χ1n) is 5.96. The molecule has 4 nitrogen and oxygen atoms in total. The lowest BCUT2D eigenvalue weighted by Crippen LogP contribution is -2.12. The molecule has 3 N–H and O–H groups in total. The molecule has 0 spiro atoms. The summed E-state index contributed by atoms with van der Waals surface area (Å²) in [5.41, 5.74) is 4.41. The predicted molar refractivity (Wildman–Crippen MR) is 72.5 cm³/mol. The van der Waals surface area contributed by atoms with Gasteiger partial charge in [0.2, 0.25) is 0 Å². The van der Waals surface area contributed by atoms with Gasteiger partial charge in [0.05, 0.1) is 11.4 Å². The van der Waals surface area contributed by atoms with Crippen LogP contribution in [0, 0.1) is 0 Å². The molecule has 0 radical (unpaired) electrons. The van der Waals surface area contributed by atoms with Gasteiger partial charge in [-0.05, 0) is 24.3 Å². The van der Waals surface area contributed by atoms with Crippen molar-refractivity contribution in [3.8, 4) is 0 Å². The molecule has 0 fully saturated rings. The number of hydrogen-bond acceptors (Lipinski definition) is 3. The number of aromatic amines is 1. The standard InChI is InChI=1S/C14H12N4/c1-2-4-12-11(3-1)17-14(18-12)10-6-8-16-13-9(10)5-7-15-13/h1-8,14,17-18H,(H,15,16). The highest BCUT2D eigenvalue weighted by molar-refractivity contribution is 5.83. The SMILES string of the molecule is c1ccc2c(c1)NC(c1ccnc3[nH]ccc13)N2. The van der Waals surface area contributed by atoms with Crippen molar-refractivity contribution in [2.75, 3.05) is 10.6 Å². The van der Waals surface area contributed by atoms with E-state index in [1.807, 2.05) is 30.6 Å². The monoisotopic (exact) mass is 236 g/mol. The summed E-state index contributed by atoms with van der Waals surface area (Å²) in [5.74, 6) is 0. The number of pyridine rings is 1. The fourth-order valence-corrected chi connectivity index (χ4v) is 2.47. The van der Waals surface area contributed by atoms with Crippen LogP contribution in [0.1, 0.15) is 11.7 Å². The Bertz CT molecular complexity index is 691. The number of nitrogens with zero attached hydrogens (tertiary/aromatic N) is 1. The molecule has 1 aliphatic heterocycles. The number of H-pyrrole nitrogens is 1. The van der Waals surface area contributed by atoms with Crippen molar-refractivity contribution in [2.24, 2.45) is 0 Å². The fraction of sp³-hybridized carbons (Fsp3) is 0.0714. The van der Waals surface area contributed by atoms with Crippen LogP contribution >= 0.6 is 0 Å². The third-order valence-electron chi connectivity index (χ3n) is 3.33. The minimum atomic E-state index is 0.101. The van der Waals surface area contributed by atoms with Gasteiger partial charge >= 0.3 is 0 Å². The van der Waals surface area contributed by atoms with Crippen LogP contribution in [0.4, 0.5) is 11.4 Å². The summed E-state index contributed by atoms with van der Waals surface area (Å²) < 4.78 is 0. The molecule has 0 unspecified atom stereocenters. The van der Waals surface area contributed by atoms with Crippen LogP contribution < -0.4 is 10.6 Å². The zero-order valence-corrected chi connectivity index (χ0v) is 9.64. The number of fused-ring (bicyclic) bond motifs is 2. The molecule has 4 heteroatoms. The summed E-state index contributed by atoms with van der Waals surface area (Å²) in [5, 5.41) is 8.11. The number of benzene rings is 1. The van der Waals surface area contributed by atoms with Crippen LogP contribution in [-0.4, -0.2) is 9.97 Å². The van der Waals surface area contributed by atoms with Crippen molar-refractivity contribution in [1.29, 1.82) is 0 Å². The molecule has 1 aromatic carbocycles. The lowest BCUT2D eigenvalue weighted by molar-refractivity contribution is 0.950. The molecule has 0 atom stereocenters. The van der Waals surface area contributed by atoms with E-state index in [2.05, 4.69) is 38.8 Å². The number of rotatable bonds is 1. The lowest BCUT2D eigenvalue weighted by atomic mass is 10.1. The normalized spacial score (nSPS) is 14.2. The largest absolute Gasteiger partial charge is 0.360 e. The molecule has 0 saturated heterocycles. The molecular weight excluding hydrogens is 224 g/mol. The van der Waals surface area contributed by atoms with Gasteiger partial charge in [-0.1, -0.05) is 12.1 Å².